The number of hydrogen-bond acceptors (Lipinski definition) is 2. The minimum atomic E-state index is -0.0161. The second kappa shape index (κ2) is 4.81. The standard InChI is InChI=1S/C16H15N3O/c1-18(2)16(20)13-8-4-3-7-12(13)14-11-19-10-6-5-9-15(19)17-14/h3-11H,1-2H3. The molecule has 0 fully saturated rings. The molecule has 2 aromatic heterocycles. The highest BCUT2D eigenvalue weighted by molar-refractivity contribution is 6.00. The summed E-state index contributed by atoms with van der Waals surface area (Å²) in [6, 6.07) is 13.4. The van der Waals surface area contributed by atoms with Gasteiger partial charge in [-0.1, -0.05) is 24.3 Å². The minimum absolute atomic E-state index is 0.0161. The normalized spacial score (nSPS) is 10.7. The van der Waals surface area contributed by atoms with Crippen LogP contribution in [0.1, 0.15) is 10.4 Å². The minimum Gasteiger partial charge on any atom is -0.345 e. The van der Waals surface area contributed by atoms with E-state index in [4.69, 9.17) is 0 Å². The fraction of sp³-hybridized carbons (Fsp3) is 0.125. The molecule has 1 amide bonds. The molecular formula is C16H15N3O. The van der Waals surface area contributed by atoms with E-state index in [-0.39, 0.29) is 5.91 Å². The maximum atomic E-state index is 12.2. The lowest BCUT2D eigenvalue weighted by Gasteiger charge is -2.12. The van der Waals surface area contributed by atoms with Crippen LogP contribution in [0.25, 0.3) is 16.9 Å². The van der Waals surface area contributed by atoms with E-state index in [2.05, 4.69) is 4.98 Å². The molecule has 20 heavy (non-hydrogen) atoms. The Hall–Kier alpha value is -2.62. The molecule has 3 rings (SSSR count). The Morgan fingerprint density at radius 2 is 1.85 bits per heavy atom. The molecule has 0 radical (unpaired) electrons. The molecule has 0 saturated heterocycles. The second-order valence-corrected chi connectivity index (χ2v) is 4.84. The molecule has 0 N–H and O–H groups in total. The Morgan fingerprint density at radius 3 is 2.60 bits per heavy atom. The molecule has 2 heterocycles. The lowest BCUT2D eigenvalue weighted by atomic mass is 10.0. The van der Waals surface area contributed by atoms with Crippen molar-refractivity contribution in [2.45, 2.75) is 0 Å². The average molecular weight is 265 g/mol. The van der Waals surface area contributed by atoms with E-state index in [0.717, 1.165) is 16.9 Å². The summed E-state index contributed by atoms with van der Waals surface area (Å²) in [5.74, 6) is -0.0161. The maximum Gasteiger partial charge on any atom is 0.254 e. The van der Waals surface area contributed by atoms with Gasteiger partial charge in [-0.2, -0.15) is 0 Å². The quantitative estimate of drug-likeness (QED) is 0.714. The Bertz CT molecular complexity index is 741. The van der Waals surface area contributed by atoms with Crippen molar-refractivity contribution < 1.29 is 4.79 Å². The summed E-state index contributed by atoms with van der Waals surface area (Å²) in [5.41, 5.74) is 3.20. The predicted octanol–water partition coefficient (Wildman–Crippen LogP) is 2.70. The number of carbonyl (C=O) groups is 1. The van der Waals surface area contributed by atoms with Gasteiger partial charge in [-0.15, -0.1) is 0 Å². The fourth-order valence-corrected chi connectivity index (χ4v) is 2.20. The third-order valence-electron chi connectivity index (χ3n) is 3.20. The second-order valence-electron chi connectivity index (χ2n) is 4.84. The largest absolute Gasteiger partial charge is 0.345 e. The number of benzene rings is 1. The number of aromatic nitrogens is 2. The van der Waals surface area contributed by atoms with Gasteiger partial charge < -0.3 is 9.30 Å². The molecule has 0 aliphatic heterocycles. The van der Waals surface area contributed by atoms with Gasteiger partial charge >= 0.3 is 0 Å². The Kier molecular flexibility index (Phi) is 2.99. The molecule has 100 valence electrons. The van der Waals surface area contributed by atoms with E-state index in [9.17, 15) is 4.79 Å². The number of imidazole rings is 1. The van der Waals surface area contributed by atoms with E-state index in [1.807, 2.05) is 59.3 Å². The van der Waals surface area contributed by atoms with Crippen molar-refractivity contribution in [1.82, 2.24) is 14.3 Å². The number of carbonyl (C=O) groups excluding carboxylic acids is 1. The first-order valence-corrected chi connectivity index (χ1v) is 6.41. The van der Waals surface area contributed by atoms with E-state index in [0.29, 0.717) is 5.56 Å². The van der Waals surface area contributed by atoms with Crippen LogP contribution in [-0.4, -0.2) is 34.3 Å². The van der Waals surface area contributed by atoms with Gasteiger partial charge in [-0.25, -0.2) is 4.98 Å². The van der Waals surface area contributed by atoms with Crippen LogP contribution in [0.2, 0.25) is 0 Å². The Balaban J connectivity index is 2.16. The van der Waals surface area contributed by atoms with Gasteiger partial charge in [0.2, 0.25) is 0 Å². The summed E-state index contributed by atoms with van der Waals surface area (Å²) in [6.07, 6.45) is 3.89. The van der Waals surface area contributed by atoms with E-state index in [1.165, 1.54) is 0 Å². The van der Waals surface area contributed by atoms with Crippen LogP contribution >= 0.6 is 0 Å². The zero-order chi connectivity index (χ0) is 14.1. The molecular weight excluding hydrogens is 250 g/mol. The summed E-state index contributed by atoms with van der Waals surface area (Å²) in [5, 5.41) is 0. The molecule has 0 bridgehead atoms. The van der Waals surface area contributed by atoms with Gasteiger partial charge in [0.15, 0.2) is 0 Å². The zero-order valence-corrected chi connectivity index (χ0v) is 11.4. The molecule has 4 nitrogen and oxygen atoms in total. The lowest BCUT2D eigenvalue weighted by Crippen LogP contribution is -2.22. The predicted molar refractivity (Wildman–Crippen MR) is 78.6 cm³/mol. The maximum absolute atomic E-state index is 12.2. The number of hydrogen-bond donors (Lipinski definition) is 0. The SMILES string of the molecule is CN(C)C(=O)c1ccccc1-c1cn2ccccc2n1. The van der Waals surface area contributed by atoms with Crippen molar-refractivity contribution >= 4 is 11.6 Å². The van der Waals surface area contributed by atoms with Crippen molar-refractivity contribution in [2.75, 3.05) is 14.1 Å². The zero-order valence-electron chi connectivity index (χ0n) is 11.4. The van der Waals surface area contributed by atoms with Crippen LogP contribution in [0.15, 0.2) is 54.9 Å². The third kappa shape index (κ3) is 2.05. The van der Waals surface area contributed by atoms with Crippen molar-refractivity contribution in [3.8, 4) is 11.3 Å². The molecule has 0 aliphatic carbocycles. The van der Waals surface area contributed by atoms with Crippen molar-refractivity contribution in [2.24, 2.45) is 0 Å². The average Bonchev–Trinajstić information content (AvgIpc) is 2.90. The highest BCUT2D eigenvalue weighted by Crippen LogP contribution is 2.24. The number of rotatable bonds is 2. The monoisotopic (exact) mass is 265 g/mol. The van der Waals surface area contributed by atoms with Gasteiger partial charge in [-0.3, -0.25) is 4.79 Å². The number of nitrogens with zero attached hydrogens (tertiary/aromatic N) is 3. The van der Waals surface area contributed by atoms with Gasteiger partial charge in [0, 0.05) is 37.6 Å². The highest BCUT2D eigenvalue weighted by atomic mass is 16.2. The first-order valence-electron chi connectivity index (χ1n) is 6.41. The molecule has 0 unspecified atom stereocenters. The van der Waals surface area contributed by atoms with Crippen LogP contribution in [-0.2, 0) is 0 Å². The first kappa shape index (κ1) is 12.4. The molecule has 1 aromatic carbocycles. The van der Waals surface area contributed by atoms with Crippen molar-refractivity contribution in [1.29, 1.82) is 0 Å². The van der Waals surface area contributed by atoms with Crippen molar-refractivity contribution in [3.63, 3.8) is 0 Å². The van der Waals surface area contributed by atoms with Crippen LogP contribution in [0.3, 0.4) is 0 Å². The Labute approximate surface area is 117 Å². The summed E-state index contributed by atoms with van der Waals surface area (Å²) >= 11 is 0. The van der Waals surface area contributed by atoms with Gasteiger partial charge in [0.05, 0.1) is 5.69 Å². The first-order chi connectivity index (χ1) is 9.66. The third-order valence-corrected chi connectivity index (χ3v) is 3.20. The van der Waals surface area contributed by atoms with Crippen LogP contribution in [0.4, 0.5) is 0 Å². The summed E-state index contributed by atoms with van der Waals surface area (Å²) in [6.45, 7) is 0. The summed E-state index contributed by atoms with van der Waals surface area (Å²) < 4.78 is 1.95. The van der Waals surface area contributed by atoms with Crippen molar-refractivity contribution in [3.05, 3.63) is 60.4 Å². The molecule has 0 spiro atoms. The van der Waals surface area contributed by atoms with E-state index >= 15 is 0 Å². The molecule has 0 atom stereocenters. The van der Waals surface area contributed by atoms with Gasteiger partial charge in [-0.05, 0) is 18.2 Å². The smallest absolute Gasteiger partial charge is 0.254 e. The summed E-state index contributed by atoms with van der Waals surface area (Å²) in [4.78, 5) is 18.4. The fourth-order valence-electron chi connectivity index (χ4n) is 2.20. The van der Waals surface area contributed by atoms with E-state index in [1.54, 1.807) is 19.0 Å². The number of fused-ring (bicyclic) bond motifs is 1. The van der Waals surface area contributed by atoms with Gasteiger partial charge in [0.25, 0.3) is 5.91 Å². The Morgan fingerprint density at radius 1 is 1.10 bits per heavy atom. The number of pyridine rings is 1. The van der Waals surface area contributed by atoms with Crippen LogP contribution < -0.4 is 0 Å². The molecule has 3 aromatic rings. The lowest BCUT2D eigenvalue weighted by molar-refractivity contribution is 0.0828. The topological polar surface area (TPSA) is 37.6 Å². The molecule has 0 saturated carbocycles. The highest BCUT2D eigenvalue weighted by Gasteiger charge is 2.15. The summed E-state index contributed by atoms with van der Waals surface area (Å²) in [7, 11) is 3.51. The van der Waals surface area contributed by atoms with Gasteiger partial charge in [0.1, 0.15) is 5.65 Å². The van der Waals surface area contributed by atoms with Crippen LogP contribution in [0, 0.1) is 0 Å². The molecule has 4 heteroatoms. The molecule has 0 aliphatic rings. The number of amides is 1. The van der Waals surface area contributed by atoms with E-state index < -0.39 is 0 Å². The van der Waals surface area contributed by atoms with Crippen LogP contribution in [0.5, 0.6) is 0 Å².